The Kier molecular flexibility index (Phi) is 3.75. The van der Waals surface area contributed by atoms with E-state index in [1.165, 1.54) is 0 Å². The molecule has 21 heavy (non-hydrogen) atoms. The van der Waals surface area contributed by atoms with E-state index in [0.717, 1.165) is 37.3 Å². The van der Waals surface area contributed by atoms with Gasteiger partial charge >= 0.3 is 0 Å². The van der Waals surface area contributed by atoms with Crippen LogP contribution in [0, 0.1) is 6.92 Å². The number of hydrogen-bond acceptors (Lipinski definition) is 5. The Morgan fingerprint density at radius 3 is 2.62 bits per heavy atom. The molecule has 5 heteroatoms. The second-order valence-corrected chi connectivity index (χ2v) is 5.51. The van der Waals surface area contributed by atoms with Crippen molar-refractivity contribution < 1.29 is 5.11 Å². The van der Waals surface area contributed by atoms with Crippen LogP contribution in [0.15, 0.2) is 30.5 Å². The average Bonchev–Trinajstić information content (AvgIpc) is 2.49. The number of hydrogen-bond donors (Lipinski definition) is 2. The molecule has 5 nitrogen and oxygen atoms in total. The standard InChI is InChI=1S/C16H20N4O/c1-11-14(20-8-6-12(17)7-9-20)10-18-16(19-11)13-4-2-3-5-15(13)21/h2-5,10,12,21H,6-9,17H2,1H3. The van der Waals surface area contributed by atoms with E-state index in [-0.39, 0.29) is 5.75 Å². The van der Waals surface area contributed by atoms with Crippen molar-refractivity contribution in [2.24, 2.45) is 5.73 Å². The molecule has 0 aliphatic carbocycles. The summed E-state index contributed by atoms with van der Waals surface area (Å²) in [4.78, 5) is 11.3. The van der Waals surface area contributed by atoms with E-state index >= 15 is 0 Å². The molecule has 0 spiro atoms. The van der Waals surface area contributed by atoms with Gasteiger partial charge in [-0.05, 0) is 31.9 Å². The lowest BCUT2D eigenvalue weighted by molar-refractivity contribution is 0.477. The Bertz CT molecular complexity index is 636. The largest absolute Gasteiger partial charge is 0.507 e. The molecule has 0 amide bonds. The fourth-order valence-corrected chi connectivity index (χ4v) is 2.70. The van der Waals surface area contributed by atoms with Crippen LogP contribution in [0.3, 0.4) is 0 Å². The maximum Gasteiger partial charge on any atom is 0.163 e. The molecule has 1 aromatic heterocycles. The number of anilines is 1. The number of para-hydroxylation sites is 1. The van der Waals surface area contributed by atoms with Crippen molar-refractivity contribution in [3.05, 3.63) is 36.2 Å². The summed E-state index contributed by atoms with van der Waals surface area (Å²) in [6.07, 6.45) is 3.85. The highest BCUT2D eigenvalue weighted by atomic mass is 16.3. The van der Waals surface area contributed by atoms with Gasteiger partial charge < -0.3 is 15.7 Å². The Hall–Kier alpha value is -2.14. The van der Waals surface area contributed by atoms with Crippen LogP contribution in [-0.4, -0.2) is 34.2 Å². The molecule has 1 saturated heterocycles. The monoisotopic (exact) mass is 284 g/mol. The summed E-state index contributed by atoms with van der Waals surface area (Å²) >= 11 is 0. The summed E-state index contributed by atoms with van der Waals surface area (Å²) in [7, 11) is 0. The second kappa shape index (κ2) is 5.69. The first kappa shape index (κ1) is 13.8. The van der Waals surface area contributed by atoms with E-state index in [9.17, 15) is 5.11 Å². The minimum atomic E-state index is 0.202. The minimum absolute atomic E-state index is 0.202. The van der Waals surface area contributed by atoms with Crippen LogP contribution in [0.4, 0.5) is 5.69 Å². The van der Waals surface area contributed by atoms with Crippen molar-refractivity contribution >= 4 is 5.69 Å². The van der Waals surface area contributed by atoms with Crippen LogP contribution in [-0.2, 0) is 0 Å². The molecule has 0 atom stereocenters. The van der Waals surface area contributed by atoms with Gasteiger partial charge in [-0.15, -0.1) is 0 Å². The van der Waals surface area contributed by atoms with Crippen molar-refractivity contribution in [2.75, 3.05) is 18.0 Å². The molecule has 0 radical (unpaired) electrons. The van der Waals surface area contributed by atoms with Crippen molar-refractivity contribution in [3.63, 3.8) is 0 Å². The molecule has 2 heterocycles. The lowest BCUT2D eigenvalue weighted by Gasteiger charge is -2.32. The Balaban J connectivity index is 1.88. The maximum atomic E-state index is 9.90. The van der Waals surface area contributed by atoms with E-state index in [4.69, 9.17) is 5.73 Å². The first-order valence-corrected chi connectivity index (χ1v) is 7.27. The number of phenols is 1. The third-order valence-electron chi connectivity index (χ3n) is 3.98. The topological polar surface area (TPSA) is 75.3 Å². The summed E-state index contributed by atoms with van der Waals surface area (Å²) in [5.74, 6) is 0.761. The van der Waals surface area contributed by atoms with Gasteiger partial charge in [-0.3, -0.25) is 0 Å². The van der Waals surface area contributed by atoms with E-state index in [1.807, 2.05) is 25.3 Å². The van der Waals surface area contributed by atoms with E-state index in [1.54, 1.807) is 12.1 Å². The van der Waals surface area contributed by atoms with E-state index in [0.29, 0.717) is 17.4 Å². The third kappa shape index (κ3) is 2.83. The van der Waals surface area contributed by atoms with Gasteiger partial charge in [-0.2, -0.15) is 0 Å². The van der Waals surface area contributed by atoms with Crippen molar-refractivity contribution in [2.45, 2.75) is 25.8 Å². The van der Waals surface area contributed by atoms with Crippen molar-refractivity contribution in [3.8, 4) is 17.1 Å². The van der Waals surface area contributed by atoms with Crippen molar-refractivity contribution in [1.29, 1.82) is 0 Å². The average molecular weight is 284 g/mol. The van der Waals surface area contributed by atoms with Gasteiger partial charge in [0, 0.05) is 19.1 Å². The fraction of sp³-hybridized carbons (Fsp3) is 0.375. The van der Waals surface area contributed by atoms with Gasteiger partial charge in [-0.1, -0.05) is 12.1 Å². The molecule has 0 saturated carbocycles. The number of aryl methyl sites for hydroxylation is 1. The highest BCUT2D eigenvalue weighted by Crippen LogP contribution is 2.28. The highest BCUT2D eigenvalue weighted by Gasteiger charge is 2.19. The SMILES string of the molecule is Cc1nc(-c2ccccc2O)ncc1N1CCC(N)CC1. The van der Waals surface area contributed by atoms with Gasteiger partial charge in [0.15, 0.2) is 5.82 Å². The molecule has 1 fully saturated rings. The second-order valence-electron chi connectivity index (χ2n) is 5.51. The fourth-order valence-electron chi connectivity index (χ4n) is 2.70. The maximum absolute atomic E-state index is 9.90. The third-order valence-corrected chi connectivity index (χ3v) is 3.98. The van der Waals surface area contributed by atoms with Crippen LogP contribution in [0.25, 0.3) is 11.4 Å². The Morgan fingerprint density at radius 2 is 1.95 bits per heavy atom. The summed E-state index contributed by atoms with van der Waals surface area (Å²) < 4.78 is 0. The van der Waals surface area contributed by atoms with Gasteiger partial charge in [0.2, 0.25) is 0 Å². The minimum Gasteiger partial charge on any atom is -0.507 e. The first-order chi connectivity index (χ1) is 10.1. The zero-order valence-corrected chi connectivity index (χ0v) is 12.2. The zero-order chi connectivity index (χ0) is 14.8. The molecule has 0 unspecified atom stereocenters. The molecule has 3 N–H and O–H groups in total. The van der Waals surface area contributed by atoms with Crippen molar-refractivity contribution in [1.82, 2.24) is 9.97 Å². The van der Waals surface area contributed by atoms with E-state index < -0.39 is 0 Å². The van der Waals surface area contributed by atoms with Gasteiger partial charge in [-0.25, -0.2) is 9.97 Å². The van der Waals surface area contributed by atoms with Gasteiger partial charge in [0.1, 0.15) is 5.75 Å². The van der Waals surface area contributed by atoms with Crippen LogP contribution >= 0.6 is 0 Å². The molecular formula is C16H20N4O. The van der Waals surface area contributed by atoms with Crippen LogP contribution in [0.2, 0.25) is 0 Å². The quantitative estimate of drug-likeness (QED) is 0.883. The molecule has 1 aromatic carbocycles. The normalized spacial score (nSPS) is 16.2. The molecule has 2 aromatic rings. The Morgan fingerprint density at radius 1 is 1.24 bits per heavy atom. The molecular weight excluding hydrogens is 264 g/mol. The van der Waals surface area contributed by atoms with Gasteiger partial charge in [0.25, 0.3) is 0 Å². The predicted octanol–water partition coefficient (Wildman–Crippen LogP) is 2.09. The number of nitrogens with two attached hydrogens (primary N) is 1. The lowest BCUT2D eigenvalue weighted by atomic mass is 10.1. The van der Waals surface area contributed by atoms with Crippen LogP contribution in [0.5, 0.6) is 5.75 Å². The van der Waals surface area contributed by atoms with Gasteiger partial charge in [0.05, 0.1) is 23.1 Å². The molecule has 0 bridgehead atoms. The molecule has 3 rings (SSSR count). The zero-order valence-electron chi connectivity index (χ0n) is 12.2. The molecule has 1 aliphatic heterocycles. The van der Waals surface area contributed by atoms with E-state index in [2.05, 4.69) is 14.9 Å². The lowest BCUT2D eigenvalue weighted by Crippen LogP contribution is -2.40. The summed E-state index contributed by atoms with van der Waals surface area (Å²) in [5.41, 5.74) is 8.59. The number of aromatic nitrogens is 2. The number of aromatic hydroxyl groups is 1. The molecule has 1 aliphatic rings. The van der Waals surface area contributed by atoms with Crippen LogP contribution in [0.1, 0.15) is 18.5 Å². The summed E-state index contributed by atoms with van der Waals surface area (Å²) in [5, 5.41) is 9.90. The number of phenolic OH excluding ortho intramolecular Hbond substituents is 1. The van der Waals surface area contributed by atoms with Crippen LogP contribution < -0.4 is 10.6 Å². The number of nitrogens with zero attached hydrogens (tertiary/aromatic N) is 3. The molecule has 110 valence electrons. The highest BCUT2D eigenvalue weighted by molar-refractivity contribution is 5.65. The number of benzene rings is 1. The summed E-state index contributed by atoms with van der Waals surface area (Å²) in [6, 6.07) is 7.44. The summed E-state index contributed by atoms with van der Waals surface area (Å²) in [6.45, 7) is 3.87. The number of piperidine rings is 1. The number of rotatable bonds is 2. The Labute approximate surface area is 124 Å². The first-order valence-electron chi connectivity index (χ1n) is 7.27. The predicted molar refractivity (Wildman–Crippen MR) is 83.3 cm³/mol. The smallest absolute Gasteiger partial charge is 0.163 e.